The van der Waals surface area contributed by atoms with Crippen LogP contribution in [0.15, 0.2) is 0 Å². The molecule has 0 bridgehead atoms. The molecule has 4 N–H and O–H groups in total. The molecule has 1 unspecified atom stereocenters. The number of amides is 1. The Morgan fingerprint density at radius 3 is 2.77 bits per heavy atom. The van der Waals surface area contributed by atoms with E-state index in [1.54, 1.807) is 0 Å². The Bertz CT molecular complexity index is 194. The molecule has 0 aliphatic heterocycles. The summed E-state index contributed by atoms with van der Waals surface area (Å²) in [6, 6.07) is -0.901. The molecule has 0 saturated heterocycles. The van der Waals surface area contributed by atoms with Crippen molar-refractivity contribution < 1.29 is 9.90 Å². The molecular formula is C9H16N2O2. The number of aliphatic hydroxyl groups excluding tert-OH is 1. The summed E-state index contributed by atoms with van der Waals surface area (Å²) in [6.45, 7) is 1.79. The quantitative estimate of drug-likeness (QED) is 0.491. The molecule has 13 heavy (non-hydrogen) atoms. The number of rotatable bonds is 5. The minimum Gasteiger partial charge on any atom is -0.394 e. The molecule has 0 aliphatic rings. The van der Waals surface area contributed by atoms with Crippen LogP contribution >= 0.6 is 0 Å². The van der Waals surface area contributed by atoms with E-state index in [4.69, 9.17) is 17.3 Å². The van der Waals surface area contributed by atoms with Crippen LogP contribution in [0.25, 0.3) is 0 Å². The molecule has 74 valence electrons. The Labute approximate surface area is 78.5 Å². The number of aliphatic hydroxyl groups is 1. The van der Waals surface area contributed by atoms with E-state index in [-0.39, 0.29) is 25.0 Å². The van der Waals surface area contributed by atoms with Gasteiger partial charge in [-0.15, -0.1) is 12.3 Å². The van der Waals surface area contributed by atoms with Gasteiger partial charge in [-0.3, -0.25) is 4.79 Å². The van der Waals surface area contributed by atoms with E-state index in [1.807, 2.05) is 6.92 Å². The van der Waals surface area contributed by atoms with Crippen LogP contribution in [0.3, 0.4) is 0 Å². The van der Waals surface area contributed by atoms with Crippen molar-refractivity contribution in [1.82, 2.24) is 5.32 Å². The number of carbonyl (C=O) groups is 1. The topological polar surface area (TPSA) is 75.4 Å². The predicted molar refractivity (Wildman–Crippen MR) is 50.7 cm³/mol. The fourth-order valence-corrected chi connectivity index (χ4v) is 0.805. The van der Waals surface area contributed by atoms with Crippen LogP contribution in [0.5, 0.6) is 0 Å². The first-order chi connectivity index (χ1) is 6.15. The van der Waals surface area contributed by atoms with Crippen LogP contribution in [0, 0.1) is 12.3 Å². The van der Waals surface area contributed by atoms with Crippen LogP contribution in [0.2, 0.25) is 0 Å². The second-order valence-corrected chi connectivity index (χ2v) is 2.81. The molecule has 0 saturated carbocycles. The normalized spacial score (nSPS) is 14.3. The largest absolute Gasteiger partial charge is 0.394 e. The van der Waals surface area contributed by atoms with Gasteiger partial charge < -0.3 is 16.2 Å². The van der Waals surface area contributed by atoms with Crippen LogP contribution in [-0.2, 0) is 4.79 Å². The van der Waals surface area contributed by atoms with E-state index in [0.717, 1.165) is 0 Å². The summed E-state index contributed by atoms with van der Waals surface area (Å²) in [5.41, 5.74) is 5.45. The minimum atomic E-state index is -0.675. The molecule has 0 aromatic rings. The van der Waals surface area contributed by atoms with Crippen molar-refractivity contribution in [3.8, 4) is 12.3 Å². The van der Waals surface area contributed by atoms with Crippen molar-refractivity contribution in [2.24, 2.45) is 5.73 Å². The first-order valence-electron chi connectivity index (χ1n) is 4.26. The second-order valence-electron chi connectivity index (χ2n) is 2.81. The summed E-state index contributed by atoms with van der Waals surface area (Å²) in [4.78, 5) is 11.2. The molecule has 4 heteroatoms. The molecule has 0 fully saturated rings. The number of nitrogens with one attached hydrogen (secondary N) is 1. The first-order valence-corrected chi connectivity index (χ1v) is 4.26. The van der Waals surface area contributed by atoms with Gasteiger partial charge in [0.15, 0.2) is 0 Å². The lowest BCUT2D eigenvalue weighted by Crippen LogP contribution is -2.46. The monoisotopic (exact) mass is 184 g/mol. The average molecular weight is 184 g/mol. The highest BCUT2D eigenvalue weighted by Gasteiger charge is 2.15. The smallest absolute Gasteiger partial charge is 0.238 e. The van der Waals surface area contributed by atoms with E-state index in [1.165, 1.54) is 0 Å². The van der Waals surface area contributed by atoms with Crippen LogP contribution in [0.1, 0.15) is 19.8 Å². The lowest BCUT2D eigenvalue weighted by Gasteiger charge is -2.16. The zero-order valence-electron chi connectivity index (χ0n) is 7.79. The number of hydrogen-bond donors (Lipinski definition) is 3. The summed E-state index contributed by atoms with van der Waals surface area (Å²) in [5, 5.41) is 11.4. The van der Waals surface area contributed by atoms with Crippen molar-refractivity contribution in [3.63, 3.8) is 0 Å². The molecule has 0 radical (unpaired) electrons. The molecule has 0 aromatic carbocycles. The third-order valence-corrected chi connectivity index (χ3v) is 1.73. The summed E-state index contributed by atoms with van der Waals surface area (Å²) in [5.74, 6) is 2.00. The van der Waals surface area contributed by atoms with Crippen molar-refractivity contribution in [3.05, 3.63) is 0 Å². The van der Waals surface area contributed by atoms with Crippen molar-refractivity contribution >= 4 is 5.91 Å². The van der Waals surface area contributed by atoms with Crippen LogP contribution in [-0.4, -0.2) is 29.7 Å². The molecule has 0 rings (SSSR count). The molecular weight excluding hydrogens is 168 g/mol. The Morgan fingerprint density at radius 2 is 2.38 bits per heavy atom. The van der Waals surface area contributed by atoms with E-state index >= 15 is 0 Å². The highest BCUT2D eigenvalue weighted by molar-refractivity contribution is 5.82. The molecule has 2 atom stereocenters. The van der Waals surface area contributed by atoms with Gasteiger partial charge in [0.25, 0.3) is 0 Å². The van der Waals surface area contributed by atoms with Gasteiger partial charge in [-0.1, -0.05) is 6.92 Å². The van der Waals surface area contributed by atoms with Gasteiger partial charge in [-0.05, 0) is 6.42 Å². The molecule has 0 aromatic heterocycles. The summed E-state index contributed by atoms with van der Waals surface area (Å²) >= 11 is 0. The average Bonchev–Trinajstić information content (AvgIpc) is 2.14. The lowest BCUT2D eigenvalue weighted by molar-refractivity contribution is -0.123. The fraction of sp³-hybridized carbons (Fsp3) is 0.667. The minimum absolute atomic E-state index is 0.0784. The maximum absolute atomic E-state index is 11.2. The van der Waals surface area contributed by atoms with Gasteiger partial charge in [0.05, 0.1) is 18.7 Å². The zero-order valence-corrected chi connectivity index (χ0v) is 7.79. The zero-order chi connectivity index (χ0) is 10.3. The molecule has 0 heterocycles. The van der Waals surface area contributed by atoms with Gasteiger partial charge in [0.2, 0.25) is 5.91 Å². The Balaban J connectivity index is 3.91. The third-order valence-electron chi connectivity index (χ3n) is 1.73. The first kappa shape index (κ1) is 11.9. The molecule has 4 nitrogen and oxygen atoms in total. The Hall–Kier alpha value is -1.05. The van der Waals surface area contributed by atoms with Crippen LogP contribution in [0.4, 0.5) is 0 Å². The second kappa shape index (κ2) is 6.46. The SMILES string of the molecule is C#CCC(N)C(=O)N[C@H](CC)CO. The summed E-state index contributed by atoms with van der Waals surface area (Å²) < 4.78 is 0. The number of hydrogen-bond acceptors (Lipinski definition) is 3. The van der Waals surface area contributed by atoms with E-state index in [2.05, 4.69) is 11.2 Å². The van der Waals surface area contributed by atoms with Gasteiger partial charge in [0, 0.05) is 6.42 Å². The molecule has 0 spiro atoms. The maximum Gasteiger partial charge on any atom is 0.238 e. The maximum atomic E-state index is 11.2. The van der Waals surface area contributed by atoms with Gasteiger partial charge in [-0.2, -0.15) is 0 Å². The summed E-state index contributed by atoms with van der Waals surface area (Å²) in [6.07, 6.45) is 5.89. The standard InChI is InChI=1S/C9H16N2O2/c1-3-5-8(10)9(13)11-7(4-2)6-12/h1,7-8,12H,4-6,10H2,2H3,(H,11,13)/t7-,8?/m1/s1. The molecule has 0 aliphatic carbocycles. The Morgan fingerprint density at radius 1 is 1.77 bits per heavy atom. The van der Waals surface area contributed by atoms with Gasteiger partial charge in [0.1, 0.15) is 0 Å². The van der Waals surface area contributed by atoms with Gasteiger partial charge in [-0.25, -0.2) is 0 Å². The Kier molecular flexibility index (Phi) is 5.94. The highest BCUT2D eigenvalue weighted by Crippen LogP contribution is 1.92. The number of terminal acetylenes is 1. The lowest BCUT2D eigenvalue weighted by atomic mass is 10.2. The fourth-order valence-electron chi connectivity index (χ4n) is 0.805. The summed E-state index contributed by atoms with van der Waals surface area (Å²) in [7, 11) is 0. The van der Waals surface area contributed by atoms with E-state index in [0.29, 0.717) is 6.42 Å². The van der Waals surface area contributed by atoms with Crippen molar-refractivity contribution in [2.45, 2.75) is 31.8 Å². The number of nitrogens with two attached hydrogens (primary N) is 1. The predicted octanol–water partition coefficient (Wildman–Crippen LogP) is -0.776. The number of carbonyl (C=O) groups excluding carboxylic acids is 1. The third kappa shape index (κ3) is 4.51. The molecule has 1 amide bonds. The van der Waals surface area contributed by atoms with Crippen molar-refractivity contribution in [1.29, 1.82) is 0 Å². The van der Waals surface area contributed by atoms with E-state index < -0.39 is 6.04 Å². The van der Waals surface area contributed by atoms with Crippen LogP contribution < -0.4 is 11.1 Å². The van der Waals surface area contributed by atoms with Crippen molar-refractivity contribution in [2.75, 3.05) is 6.61 Å². The van der Waals surface area contributed by atoms with E-state index in [9.17, 15) is 4.79 Å². The van der Waals surface area contributed by atoms with Gasteiger partial charge >= 0.3 is 0 Å². The highest BCUT2D eigenvalue weighted by atomic mass is 16.3.